The molecular formula is C12H24N2O2. The molecule has 4 heteroatoms. The van der Waals surface area contributed by atoms with Gasteiger partial charge in [-0.15, -0.1) is 0 Å². The molecule has 1 rings (SSSR count). The molecule has 1 saturated carbocycles. The lowest BCUT2D eigenvalue weighted by Crippen LogP contribution is -2.45. The van der Waals surface area contributed by atoms with E-state index >= 15 is 0 Å². The fraction of sp³-hybridized carbons (Fsp3) is 0.917. The summed E-state index contributed by atoms with van der Waals surface area (Å²) in [4.78, 5) is 11.6. The van der Waals surface area contributed by atoms with Crippen LogP contribution in [0.4, 0.5) is 0 Å². The zero-order valence-corrected chi connectivity index (χ0v) is 10.1. The summed E-state index contributed by atoms with van der Waals surface area (Å²) in [7, 11) is 0. The maximum absolute atomic E-state index is 11.6. The van der Waals surface area contributed by atoms with Gasteiger partial charge in [-0.05, 0) is 31.7 Å². The van der Waals surface area contributed by atoms with Gasteiger partial charge in [0.25, 0.3) is 0 Å². The quantitative estimate of drug-likeness (QED) is 0.651. The third kappa shape index (κ3) is 4.49. The van der Waals surface area contributed by atoms with Crippen molar-refractivity contribution in [1.29, 1.82) is 0 Å². The number of aliphatic hydroxyl groups excluding tert-OH is 1. The second kappa shape index (κ2) is 6.86. The van der Waals surface area contributed by atoms with E-state index in [-0.39, 0.29) is 18.1 Å². The summed E-state index contributed by atoms with van der Waals surface area (Å²) in [5.41, 5.74) is 5.49. The first-order valence-electron chi connectivity index (χ1n) is 6.31. The number of rotatable bonds is 5. The number of carbonyl (C=O) groups is 1. The summed E-state index contributed by atoms with van der Waals surface area (Å²) >= 11 is 0. The number of hydrogen-bond acceptors (Lipinski definition) is 3. The fourth-order valence-electron chi connectivity index (χ4n) is 2.05. The summed E-state index contributed by atoms with van der Waals surface area (Å²) in [6.07, 6.45) is 4.86. The largest absolute Gasteiger partial charge is 0.391 e. The van der Waals surface area contributed by atoms with Gasteiger partial charge in [0.2, 0.25) is 5.91 Å². The summed E-state index contributed by atoms with van der Waals surface area (Å²) in [5, 5.41) is 12.6. The van der Waals surface area contributed by atoms with E-state index in [9.17, 15) is 9.90 Å². The van der Waals surface area contributed by atoms with E-state index in [0.717, 1.165) is 32.1 Å². The lowest BCUT2D eigenvalue weighted by Gasteiger charge is -2.28. The zero-order valence-electron chi connectivity index (χ0n) is 10.1. The van der Waals surface area contributed by atoms with Crippen LogP contribution < -0.4 is 11.1 Å². The molecule has 4 nitrogen and oxygen atoms in total. The smallest absolute Gasteiger partial charge is 0.220 e. The number of aliphatic hydroxyl groups is 1. The molecule has 16 heavy (non-hydrogen) atoms. The molecule has 3 atom stereocenters. The van der Waals surface area contributed by atoms with Crippen molar-refractivity contribution in [2.45, 2.75) is 57.6 Å². The maximum atomic E-state index is 11.6. The molecule has 1 aliphatic rings. The number of hydrogen-bond donors (Lipinski definition) is 3. The minimum atomic E-state index is -0.357. The molecule has 0 heterocycles. The lowest BCUT2D eigenvalue weighted by atomic mass is 9.92. The normalized spacial score (nSPS) is 27.4. The first-order chi connectivity index (χ1) is 7.63. The molecule has 94 valence electrons. The highest BCUT2D eigenvalue weighted by atomic mass is 16.3. The zero-order chi connectivity index (χ0) is 12.0. The minimum absolute atomic E-state index is 0.0329. The van der Waals surface area contributed by atoms with Crippen LogP contribution in [0.25, 0.3) is 0 Å². The Kier molecular flexibility index (Phi) is 5.77. The number of amides is 1. The molecule has 1 amide bonds. The Morgan fingerprint density at radius 3 is 2.81 bits per heavy atom. The van der Waals surface area contributed by atoms with Gasteiger partial charge in [-0.2, -0.15) is 0 Å². The Labute approximate surface area is 97.6 Å². The topological polar surface area (TPSA) is 75.4 Å². The Morgan fingerprint density at radius 1 is 1.50 bits per heavy atom. The van der Waals surface area contributed by atoms with Crippen molar-refractivity contribution in [3.05, 3.63) is 0 Å². The molecule has 4 N–H and O–H groups in total. The molecule has 0 saturated heterocycles. The van der Waals surface area contributed by atoms with Crippen LogP contribution >= 0.6 is 0 Å². The van der Waals surface area contributed by atoms with Crippen LogP contribution in [0.1, 0.15) is 45.4 Å². The van der Waals surface area contributed by atoms with Crippen molar-refractivity contribution in [3.63, 3.8) is 0 Å². The van der Waals surface area contributed by atoms with Gasteiger partial charge >= 0.3 is 0 Å². The molecule has 0 bridgehead atoms. The van der Waals surface area contributed by atoms with Crippen molar-refractivity contribution in [1.82, 2.24) is 5.32 Å². The van der Waals surface area contributed by atoms with Crippen LogP contribution in [0.3, 0.4) is 0 Å². The van der Waals surface area contributed by atoms with Crippen molar-refractivity contribution in [2.24, 2.45) is 11.7 Å². The molecule has 0 aliphatic heterocycles. The van der Waals surface area contributed by atoms with E-state index in [2.05, 4.69) is 5.32 Å². The minimum Gasteiger partial charge on any atom is -0.391 e. The highest BCUT2D eigenvalue weighted by Gasteiger charge is 2.24. The van der Waals surface area contributed by atoms with Crippen LogP contribution in [0, 0.1) is 5.92 Å². The van der Waals surface area contributed by atoms with Crippen LogP contribution in [0.2, 0.25) is 0 Å². The van der Waals surface area contributed by atoms with Crippen LogP contribution in [-0.2, 0) is 4.79 Å². The van der Waals surface area contributed by atoms with E-state index < -0.39 is 0 Å². The Hall–Kier alpha value is -0.610. The predicted molar refractivity (Wildman–Crippen MR) is 63.9 cm³/mol. The van der Waals surface area contributed by atoms with Crippen molar-refractivity contribution < 1.29 is 9.90 Å². The third-order valence-corrected chi connectivity index (χ3v) is 3.34. The molecule has 0 aromatic rings. The first kappa shape index (κ1) is 13.5. The van der Waals surface area contributed by atoms with Crippen LogP contribution in [0.5, 0.6) is 0 Å². The van der Waals surface area contributed by atoms with Crippen LogP contribution in [-0.4, -0.2) is 29.7 Å². The van der Waals surface area contributed by atoms with Gasteiger partial charge in [-0.25, -0.2) is 0 Å². The molecule has 0 aromatic carbocycles. The molecular weight excluding hydrogens is 204 g/mol. The summed E-state index contributed by atoms with van der Waals surface area (Å²) in [6, 6.07) is -0.0329. The Bertz CT molecular complexity index is 221. The standard InChI is InChI=1S/C12H24N2O2/c1-9(8-13)6-7-12(16)14-10-4-2-3-5-11(10)15/h9-11,15H,2-8,13H2,1H3,(H,14,16)/t9?,10-,11-/m0/s1. The first-order valence-corrected chi connectivity index (χ1v) is 6.31. The van der Waals surface area contributed by atoms with Gasteiger partial charge in [0.15, 0.2) is 0 Å². The second-order valence-electron chi connectivity index (χ2n) is 4.91. The van der Waals surface area contributed by atoms with Crippen LogP contribution in [0.15, 0.2) is 0 Å². The Morgan fingerprint density at radius 2 is 2.19 bits per heavy atom. The number of nitrogens with two attached hydrogens (primary N) is 1. The number of nitrogens with one attached hydrogen (secondary N) is 1. The second-order valence-corrected chi connectivity index (χ2v) is 4.91. The molecule has 0 radical (unpaired) electrons. The van der Waals surface area contributed by atoms with Gasteiger partial charge < -0.3 is 16.2 Å². The maximum Gasteiger partial charge on any atom is 0.220 e. The van der Waals surface area contributed by atoms with E-state index in [1.807, 2.05) is 6.92 Å². The summed E-state index contributed by atoms with van der Waals surface area (Å²) in [6.45, 7) is 2.67. The third-order valence-electron chi connectivity index (χ3n) is 3.34. The average molecular weight is 228 g/mol. The van der Waals surface area contributed by atoms with Gasteiger partial charge in [-0.1, -0.05) is 19.8 Å². The fourth-order valence-corrected chi connectivity index (χ4v) is 2.05. The predicted octanol–water partition coefficient (Wildman–Crippen LogP) is 0.781. The monoisotopic (exact) mass is 228 g/mol. The van der Waals surface area contributed by atoms with E-state index in [1.165, 1.54) is 0 Å². The average Bonchev–Trinajstić information content (AvgIpc) is 2.29. The van der Waals surface area contributed by atoms with Gasteiger partial charge in [0.05, 0.1) is 12.1 Å². The van der Waals surface area contributed by atoms with Gasteiger partial charge in [0.1, 0.15) is 0 Å². The van der Waals surface area contributed by atoms with Crippen molar-refractivity contribution >= 4 is 5.91 Å². The highest BCUT2D eigenvalue weighted by molar-refractivity contribution is 5.76. The highest BCUT2D eigenvalue weighted by Crippen LogP contribution is 2.18. The van der Waals surface area contributed by atoms with E-state index in [0.29, 0.717) is 18.9 Å². The molecule has 1 fully saturated rings. The van der Waals surface area contributed by atoms with Gasteiger partial charge in [0, 0.05) is 6.42 Å². The number of carbonyl (C=O) groups excluding carboxylic acids is 1. The Balaban J connectivity index is 2.22. The summed E-state index contributed by atoms with van der Waals surface area (Å²) in [5.74, 6) is 0.438. The molecule has 1 aliphatic carbocycles. The van der Waals surface area contributed by atoms with E-state index in [4.69, 9.17) is 5.73 Å². The lowest BCUT2D eigenvalue weighted by molar-refractivity contribution is -0.123. The molecule has 1 unspecified atom stereocenters. The van der Waals surface area contributed by atoms with Crippen molar-refractivity contribution in [3.8, 4) is 0 Å². The molecule has 0 aromatic heterocycles. The van der Waals surface area contributed by atoms with Crippen molar-refractivity contribution in [2.75, 3.05) is 6.54 Å². The van der Waals surface area contributed by atoms with Gasteiger partial charge in [-0.3, -0.25) is 4.79 Å². The summed E-state index contributed by atoms with van der Waals surface area (Å²) < 4.78 is 0. The SMILES string of the molecule is CC(CN)CCC(=O)N[C@H]1CCCC[C@@H]1O. The molecule has 0 spiro atoms. The van der Waals surface area contributed by atoms with E-state index in [1.54, 1.807) is 0 Å².